The fourth-order valence-electron chi connectivity index (χ4n) is 0.691. The van der Waals surface area contributed by atoms with Crippen molar-refractivity contribution in [1.29, 1.82) is 0 Å². The molecule has 9 heavy (non-hydrogen) atoms. The molecule has 0 spiro atoms. The summed E-state index contributed by atoms with van der Waals surface area (Å²) in [5, 5.41) is 4.24. The van der Waals surface area contributed by atoms with E-state index in [1.54, 1.807) is 11.3 Å². The maximum absolute atomic E-state index is 5.47. The summed E-state index contributed by atoms with van der Waals surface area (Å²) in [7, 11) is 0. The van der Waals surface area contributed by atoms with Crippen LogP contribution in [0.25, 0.3) is 0 Å². The molecule has 0 aromatic carbocycles. The van der Waals surface area contributed by atoms with Gasteiger partial charge in [0.1, 0.15) is 0 Å². The van der Waals surface area contributed by atoms with Crippen LogP contribution in [0.15, 0.2) is 16.8 Å². The van der Waals surface area contributed by atoms with Gasteiger partial charge in [0.2, 0.25) is 0 Å². The van der Waals surface area contributed by atoms with E-state index >= 15 is 0 Å². The Morgan fingerprint density at radius 2 is 2.56 bits per heavy atom. The summed E-state index contributed by atoms with van der Waals surface area (Å²) in [6.45, 7) is 2.89. The van der Waals surface area contributed by atoms with Crippen LogP contribution in [0.5, 0.6) is 0 Å². The highest BCUT2D eigenvalue weighted by Crippen LogP contribution is 2.15. The van der Waals surface area contributed by atoms with Gasteiger partial charge in [-0.3, -0.25) is 0 Å². The van der Waals surface area contributed by atoms with Crippen LogP contribution in [0.2, 0.25) is 0 Å². The highest BCUT2D eigenvalue weighted by Gasteiger charge is 2.00. The third kappa shape index (κ3) is 1.53. The SMILES string of the molecule is CC(CN)c1ccsc1. The molecule has 1 atom stereocenters. The van der Waals surface area contributed by atoms with Crippen LogP contribution in [0.3, 0.4) is 0 Å². The maximum Gasteiger partial charge on any atom is -0.00106 e. The molecular formula is C7H11NS. The fraction of sp³-hybridized carbons (Fsp3) is 0.429. The molecule has 1 rings (SSSR count). The predicted octanol–water partition coefficient (Wildman–Crippen LogP) is 1.81. The first-order chi connectivity index (χ1) is 4.34. The standard InChI is InChI=1S/C7H11NS/c1-6(4-8)7-2-3-9-5-7/h2-3,5-6H,4,8H2,1H3. The molecule has 50 valence electrons. The van der Waals surface area contributed by atoms with Crippen molar-refractivity contribution in [2.24, 2.45) is 5.73 Å². The molecule has 2 heteroatoms. The average molecular weight is 141 g/mol. The van der Waals surface area contributed by atoms with Gasteiger partial charge in [0.15, 0.2) is 0 Å². The van der Waals surface area contributed by atoms with Crippen molar-refractivity contribution in [3.8, 4) is 0 Å². The number of nitrogens with two attached hydrogens (primary N) is 1. The molecule has 0 amide bonds. The topological polar surface area (TPSA) is 26.0 Å². The van der Waals surface area contributed by atoms with E-state index in [0.717, 1.165) is 6.54 Å². The lowest BCUT2D eigenvalue weighted by Gasteiger charge is -2.02. The van der Waals surface area contributed by atoms with Gasteiger partial charge in [0.25, 0.3) is 0 Å². The predicted molar refractivity (Wildman–Crippen MR) is 41.8 cm³/mol. The third-order valence-corrected chi connectivity index (χ3v) is 2.17. The minimum Gasteiger partial charge on any atom is -0.330 e. The van der Waals surface area contributed by atoms with E-state index in [1.165, 1.54) is 5.56 Å². The summed E-state index contributed by atoms with van der Waals surface area (Å²) in [6, 6.07) is 2.13. The van der Waals surface area contributed by atoms with Gasteiger partial charge in [-0.15, -0.1) is 0 Å². The molecule has 1 aromatic heterocycles. The molecule has 0 aliphatic carbocycles. The Hall–Kier alpha value is -0.340. The van der Waals surface area contributed by atoms with Gasteiger partial charge in [0, 0.05) is 0 Å². The van der Waals surface area contributed by atoms with Crippen LogP contribution < -0.4 is 5.73 Å². The lowest BCUT2D eigenvalue weighted by Crippen LogP contribution is -2.07. The van der Waals surface area contributed by atoms with E-state index in [1.807, 2.05) is 0 Å². The molecule has 0 fully saturated rings. The quantitative estimate of drug-likeness (QED) is 0.668. The molecule has 1 heterocycles. The molecule has 0 saturated heterocycles. The lowest BCUT2D eigenvalue weighted by molar-refractivity contribution is 0.778. The molecule has 1 nitrogen and oxygen atoms in total. The normalized spacial score (nSPS) is 13.6. The van der Waals surface area contributed by atoms with Crippen molar-refractivity contribution >= 4 is 11.3 Å². The summed E-state index contributed by atoms with van der Waals surface area (Å²) in [5.74, 6) is 0.524. The third-order valence-electron chi connectivity index (χ3n) is 1.47. The Labute approximate surface area is 59.5 Å². The number of thiophene rings is 1. The van der Waals surface area contributed by atoms with Gasteiger partial charge in [-0.25, -0.2) is 0 Å². The summed E-state index contributed by atoms with van der Waals surface area (Å²) in [5.41, 5.74) is 6.83. The van der Waals surface area contributed by atoms with E-state index in [2.05, 4.69) is 23.8 Å². The van der Waals surface area contributed by atoms with Gasteiger partial charge < -0.3 is 5.73 Å². The molecule has 0 saturated carbocycles. The van der Waals surface area contributed by atoms with Gasteiger partial charge in [-0.1, -0.05) is 6.92 Å². The van der Waals surface area contributed by atoms with Gasteiger partial charge >= 0.3 is 0 Å². The monoisotopic (exact) mass is 141 g/mol. The van der Waals surface area contributed by atoms with Crippen molar-refractivity contribution in [2.45, 2.75) is 12.8 Å². The zero-order valence-corrected chi connectivity index (χ0v) is 6.32. The van der Waals surface area contributed by atoms with Gasteiger partial charge in [-0.05, 0) is 34.9 Å². The molecule has 0 radical (unpaired) electrons. The van der Waals surface area contributed by atoms with E-state index < -0.39 is 0 Å². The van der Waals surface area contributed by atoms with Crippen LogP contribution in [0.4, 0.5) is 0 Å². The molecule has 1 unspecified atom stereocenters. The molecule has 0 aliphatic rings. The van der Waals surface area contributed by atoms with Crippen molar-refractivity contribution in [3.05, 3.63) is 22.4 Å². The van der Waals surface area contributed by atoms with Crippen LogP contribution in [0, 0.1) is 0 Å². The molecular weight excluding hydrogens is 130 g/mol. The first kappa shape index (κ1) is 6.78. The molecule has 1 aromatic rings. The number of rotatable bonds is 2. The highest BCUT2D eigenvalue weighted by atomic mass is 32.1. The van der Waals surface area contributed by atoms with Gasteiger partial charge in [0.05, 0.1) is 0 Å². The number of hydrogen-bond acceptors (Lipinski definition) is 2. The Balaban J connectivity index is 2.65. The van der Waals surface area contributed by atoms with Crippen molar-refractivity contribution in [1.82, 2.24) is 0 Å². The lowest BCUT2D eigenvalue weighted by atomic mass is 10.1. The van der Waals surface area contributed by atoms with E-state index in [9.17, 15) is 0 Å². The fourth-order valence-corrected chi connectivity index (χ4v) is 1.47. The molecule has 0 bridgehead atoms. The summed E-state index contributed by atoms with van der Waals surface area (Å²) >= 11 is 1.73. The minimum absolute atomic E-state index is 0.524. The minimum atomic E-state index is 0.524. The van der Waals surface area contributed by atoms with Crippen LogP contribution in [-0.4, -0.2) is 6.54 Å². The Kier molecular flexibility index (Phi) is 2.25. The van der Waals surface area contributed by atoms with Gasteiger partial charge in [-0.2, -0.15) is 11.3 Å². The first-order valence-corrected chi connectivity index (χ1v) is 4.01. The maximum atomic E-state index is 5.47. The van der Waals surface area contributed by atoms with E-state index in [0.29, 0.717) is 5.92 Å². The zero-order valence-electron chi connectivity index (χ0n) is 5.50. The smallest absolute Gasteiger partial charge is 0.00106 e. The van der Waals surface area contributed by atoms with E-state index in [4.69, 9.17) is 5.73 Å². The Morgan fingerprint density at radius 3 is 3.00 bits per heavy atom. The van der Waals surface area contributed by atoms with Crippen LogP contribution in [-0.2, 0) is 0 Å². The Bertz CT molecular complexity index is 157. The highest BCUT2D eigenvalue weighted by molar-refractivity contribution is 7.07. The largest absolute Gasteiger partial charge is 0.330 e. The summed E-state index contributed by atoms with van der Waals surface area (Å²) in [4.78, 5) is 0. The van der Waals surface area contributed by atoms with E-state index in [-0.39, 0.29) is 0 Å². The zero-order chi connectivity index (χ0) is 6.69. The second-order valence-electron chi connectivity index (χ2n) is 2.19. The average Bonchev–Trinajstić information content (AvgIpc) is 2.37. The molecule has 2 N–H and O–H groups in total. The summed E-state index contributed by atoms with van der Waals surface area (Å²) in [6.07, 6.45) is 0. The van der Waals surface area contributed by atoms with Crippen LogP contribution in [0.1, 0.15) is 18.4 Å². The molecule has 0 aliphatic heterocycles. The Morgan fingerprint density at radius 1 is 1.78 bits per heavy atom. The first-order valence-electron chi connectivity index (χ1n) is 3.06. The van der Waals surface area contributed by atoms with Crippen molar-refractivity contribution in [3.63, 3.8) is 0 Å². The second kappa shape index (κ2) is 2.99. The van der Waals surface area contributed by atoms with Crippen LogP contribution >= 0.6 is 11.3 Å². The summed E-state index contributed by atoms with van der Waals surface area (Å²) < 4.78 is 0. The van der Waals surface area contributed by atoms with Crippen molar-refractivity contribution in [2.75, 3.05) is 6.54 Å². The van der Waals surface area contributed by atoms with Crippen molar-refractivity contribution < 1.29 is 0 Å². The second-order valence-corrected chi connectivity index (χ2v) is 2.97. The number of hydrogen-bond donors (Lipinski definition) is 1.